The highest BCUT2D eigenvalue weighted by Crippen LogP contribution is 2.24. The van der Waals surface area contributed by atoms with Gasteiger partial charge < -0.3 is 9.15 Å². The van der Waals surface area contributed by atoms with Crippen LogP contribution in [-0.2, 0) is 22.7 Å². The highest BCUT2D eigenvalue weighted by atomic mass is 32.1. The topological polar surface area (TPSA) is 100 Å². The summed E-state index contributed by atoms with van der Waals surface area (Å²) in [6, 6.07) is 8.90. The van der Waals surface area contributed by atoms with Crippen LogP contribution in [0.4, 0.5) is 0 Å². The van der Waals surface area contributed by atoms with Crippen molar-refractivity contribution in [1.29, 1.82) is 0 Å². The average Bonchev–Trinajstić information content (AvgIpc) is 3.35. The number of aryl methyl sites for hydroxylation is 2. The number of nitrogens with zero attached hydrogens (tertiary/aromatic N) is 4. The number of carbonyl (C=O) groups excluding carboxylic acids is 1. The second kappa shape index (κ2) is 7.35. The fraction of sp³-hybridized carbons (Fsp3) is 0.211. The molecule has 9 heteroatoms. The van der Waals surface area contributed by atoms with Gasteiger partial charge in [-0.05, 0) is 41.6 Å². The van der Waals surface area contributed by atoms with E-state index in [1.54, 1.807) is 0 Å². The molecule has 3 heterocycles. The molecule has 142 valence electrons. The number of ether oxygens (including phenoxy) is 1. The Balaban J connectivity index is 1.48. The van der Waals surface area contributed by atoms with Gasteiger partial charge in [-0.3, -0.25) is 0 Å². The third-order valence-electron chi connectivity index (χ3n) is 4.37. The van der Waals surface area contributed by atoms with E-state index in [9.17, 15) is 9.59 Å². The summed E-state index contributed by atoms with van der Waals surface area (Å²) in [4.78, 5) is 26.1. The largest absolute Gasteiger partial charge is 0.459 e. The lowest BCUT2D eigenvalue weighted by molar-refractivity contribution is -0.146. The molecule has 0 fully saturated rings. The Kier molecular flexibility index (Phi) is 4.74. The van der Waals surface area contributed by atoms with Crippen molar-refractivity contribution in [1.82, 2.24) is 20.2 Å². The molecule has 28 heavy (non-hydrogen) atoms. The van der Waals surface area contributed by atoms with Crippen LogP contribution < -0.4 is 5.63 Å². The van der Waals surface area contributed by atoms with Crippen LogP contribution in [-0.4, -0.2) is 26.2 Å². The molecule has 0 saturated heterocycles. The number of esters is 1. The van der Waals surface area contributed by atoms with Crippen molar-refractivity contribution >= 4 is 28.3 Å². The summed E-state index contributed by atoms with van der Waals surface area (Å²) >= 11 is 1.49. The smallest absolute Gasteiger partial charge is 0.336 e. The molecule has 0 aliphatic rings. The van der Waals surface area contributed by atoms with Gasteiger partial charge >= 0.3 is 11.6 Å². The zero-order chi connectivity index (χ0) is 19.7. The summed E-state index contributed by atoms with van der Waals surface area (Å²) in [7, 11) is 0. The summed E-state index contributed by atoms with van der Waals surface area (Å²) in [6.45, 7) is 3.61. The molecular formula is C19H16N4O4S. The van der Waals surface area contributed by atoms with Crippen LogP contribution in [0.5, 0.6) is 0 Å². The molecule has 0 bridgehead atoms. The summed E-state index contributed by atoms with van der Waals surface area (Å²) in [5, 5.41) is 14.6. The maximum atomic E-state index is 12.2. The van der Waals surface area contributed by atoms with E-state index in [0.717, 1.165) is 21.4 Å². The minimum absolute atomic E-state index is 0.0457. The van der Waals surface area contributed by atoms with Crippen molar-refractivity contribution in [3.63, 3.8) is 0 Å². The molecule has 1 aromatic carbocycles. The van der Waals surface area contributed by atoms with E-state index < -0.39 is 11.6 Å². The molecule has 0 aliphatic carbocycles. The quantitative estimate of drug-likeness (QED) is 0.378. The van der Waals surface area contributed by atoms with Crippen LogP contribution in [0.1, 0.15) is 16.7 Å². The molecule has 0 atom stereocenters. The lowest BCUT2D eigenvalue weighted by atomic mass is 10.0. The SMILES string of the molecule is Cc1ccc2c(COC(=O)Cn3nnc(-c4cccs4)n3)cc(=O)oc2c1C. The lowest BCUT2D eigenvalue weighted by Crippen LogP contribution is -2.16. The fourth-order valence-corrected chi connectivity index (χ4v) is 3.43. The minimum Gasteiger partial charge on any atom is -0.459 e. The maximum Gasteiger partial charge on any atom is 0.336 e. The number of rotatable bonds is 5. The van der Waals surface area contributed by atoms with Crippen molar-refractivity contribution in [3.05, 3.63) is 62.8 Å². The molecule has 4 rings (SSSR count). The Bertz CT molecular complexity index is 1210. The van der Waals surface area contributed by atoms with Gasteiger partial charge in [0.25, 0.3) is 0 Å². The number of hydrogen-bond acceptors (Lipinski definition) is 8. The van der Waals surface area contributed by atoms with Crippen LogP contribution in [0.15, 0.2) is 44.9 Å². The van der Waals surface area contributed by atoms with E-state index >= 15 is 0 Å². The number of hydrogen-bond donors (Lipinski definition) is 0. The normalized spacial score (nSPS) is 11.1. The number of aromatic nitrogens is 4. The lowest BCUT2D eigenvalue weighted by Gasteiger charge is -2.09. The van der Waals surface area contributed by atoms with Gasteiger partial charge in [0.05, 0.1) is 4.88 Å². The van der Waals surface area contributed by atoms with Crippen molar-refractivity contribution < 1.29 is 13.9 Å². The highest BCUT2D eigenvalue weighted by molar-refractivity contribution is 7.13. The molecule has 0 amide bonds. The van der Waals surface area contributed by atoms with E-state index in [-0.39, 0.29) is 13.2 Å². The zero-order valence-electron chi connectivity index (χ0n) is 15.2. The predicted octanol–water partition coefficient (Wildman–Crippen LogP) is 2.87. The third kappa shape index (κ3) is 3.56. The summed E-state index contributed by atoms with van der Waals surface area (Å²) in [6.07, 6.45) is 0. The van der Waals surface area contributed by atoms with E-state index in [0.29, 0.717) is 17.0 Å². The van der Waals surface area contributed by atoms with Crippen LogP contribution >= 0.6 is 11.3 Å². The van der Waals surface area contributed by atoms with Crippen molar-refractivity contribution in [2.45, 2.75) is 27.0 Å². The van der Waals surface area contributed by atoms with Crippen LogP contribution in [0, 0.1) is 13.8 Å². The van der Waals surface area contributed by atoms with Gasteiger partial charge in [-0.2, -0.15) is 4.80 Å². The Morgan fingerprint density at radius 1 is 1.29 bits per heavy atom. The predicted molar refractivity (Wildman–Crippen MR) is 103 cm³/mol. The first-order valence-electron chi connectivity index (χ1n) is 8.51. The van der Waals surface area contributed by atoms with Gasteiger partial charge in [0, 0.05) is 17.0 Å². The Labute approximate surface area is 163 Å². The summed E-state index contributed by atoms with van der Waals surface area (Å²) < 4.78 is 10.6. The molecule has 0 spiro atoms. The number of benzene rings is 1. The minimum atomic E-state index is -0.527. The number of carbonyl (C=O) groups is 1. The molecule has 3 aromatic heterocycles. The molecule has 0 saturated carbocycles. The summed E-state index contributed by atoms with van der Waals surface area (Å²) in [5.74, 6) is -0.0688. The van der Waals surface area contributed by atoms with E-state index in [2.05, 4.69) is 15.4 Å². The van der Waals surface area contributed by atoms with Crippen molar-refractivity contribution in [3.8, 4) is 10.7 Å². The molecule has 0 aliphatic heterocycles. The summed E-state index contributed by atoms with van der Waals surface area (Å²) in [5.41, 5.74) is 2.52. The van der Waals surface area contributed by atoms with Crippen LogP contribution in [0.2, 0.25) is 0 Å². The first-order valence-corrected chi connectivity index (χ1v) is 9.39. The first kappa shape index (κ1) is 18.1. The van der Waals surface area contributed by atoms with E-state index in [1.165, 1.54) is 22.2 Å². The van der Waals surface area contributed by atoms with E-state index in [4.69, 9.17) is 9.15 Å². The van der Waals surface area contributed by atoms with Crippen molar-refractivity contribution in [2.75, 3.05) is 0 Å². The molecule has 8 nitrogen and oxygen atoms in total. The van der Waals surface area contributed by atoms with E-state index in [1.807, 2.05) is 43.5 Å². The number of thiophene rings is 1. The molecule has 0 N–H and O–H groups in total. The van der Waals surface area contributed by atoms with Gasteiger partial charge in [-0.1, -0.05) is 18.2 Å². The van der Waals surface area contributed by atoms with Crippen LogP contribution in [0.25, 0.3) is 21.7 Å². The molecule has 0 unspecified atom stereocenters. The van der Waals surface area contributed by atoms with Gasteiger partial charge in [-0.25, -0.2) is 9.59 Å². The molecule has 0 radical (unpaired) electrons. The second-order valence-electron chi connectivity index (χ2n) is 6.26. The van der Waals surface area contributed by atoms with Gasteiger partial charge in [0.2, 0.25) is 5.82 Å². The zero-order valence-corrected chi connectivity index (χ0v) is 16.0. The highest BCUT2D eigenvalue weighted by Gasteiger charge is 2.14. The van der Waals surface area contributed by atoms with Crippen molar-refractivity contribution in [2.24, 2.45) is 0 Å². The standard InChI is InChI=1S/C19H16N4O4S/c1-11-5-6-14-13(8-16(24)27-18(14)12(11)2)10-26-17(25)9-23-21-19(20-22-23)15-4-3-7-28-15/h3-8H,9-10H2,1-2H3. The molecular weight excluding hydrogens is 380 g/mol. The Hall–Kier alpha value is -3.33. The second-order valence-corrected chi connectivity index (χ2v) is 7.20. The van der Waals surface area contributed by atoms with Gasteiger partial charge in [-0.15, -0.1) is 21.5 Å². The average molecular weight is 396 g/mol. The number of tetrazole rings is 1. The number of fused-ring (bicyclic) bond motifs is 1. The fourth-order valence-electron chi connectivity index (χ4n) is 2.78. The first-order chi connectivity index (χ1) is 13.5. The third-order valence-corrected chi connectivity index (χ3v) is 5.24. The Morgan fingerprint density at radius 2 is 2.14 bits per heavy atom. The van der Waals surface area contributed by atoms with Crippen LogP contribution in [0.3, 0.4) is 0 Å². The van der Waals surface area contributed by atoms with Gasteiger partial charge in [0.15, 0.2) is 6.54 Å². The Morgan fingerprint density at radius 3 is 2.93 bits per heavy atom. The van der Waals surface area contributed by atoms with Gasteiger partial charge in [0.1, 0.15) is 12.2 Å². The maximum absolute atomic E-state index is 12.2. The monoisotopic (exact) mass is 396 g/mol. The molecule has 4 aromatic rings.